The van der Waals surface area contributed by atoms with Gasteiger partial charge in [0.2, 0.25) is 0 Å². The van der Waals surface area contributed by atoms with E-state index in [9.17, 15) is 0 Å². The molecule has 0 saturated carbocycles. The van der Waals surface area contributed by atoms with Crippen LogP contribution in [0.4, 0.5) is 0 Å². The first-order valence-corrected chi connectivity index (χ1v) is 4.94. The summed E-state index contributed by atoms with van der Waals surface area (Å²) in [4.78, 5) is 0. The Morgan fingerprint density at radius 3 is 3.07 bits per heavy atom. The van der Waals surface area contributed by atoms with Gasteiger partial charge in [-0.3, -0.25) is 4.68 Å². The number of rotatable bonds is 3. The van der Waals surface area contributed by atoms with Crippen molar-refractivity contribution in [2.45, 2.75) is 19.9 Å². The van der Waals surface area contributed by atoms with Gasteiger partial charge in [-0.2, -0.15) is 5.10 Å². The lowest BCUT2D eigenvalue weighted by Crippen LogP contribution is -2.06. The van der Waals surface area contributed by atoms with Crippen molar-refractivity contribution in [1.29, 1.82) is 0 Å². The van der Waals surface area contributed by atoms with Crippen molar-refractivity contribution in [2.75, 3.05) is 6.54 Å². The molecule has 0 saturated heterocycles. The summed E-state index contributed by atoms with van der Waals surface area (Å²) in [6, 6.07) is 6.28. The highest BCUT2D eigenvalue weighted by Crippen LogP contribution is 2.17. The molecule has 0 amide bonds. The summed E-state index contributed by atoms with van der Waals surface area (Å²) in [6.45, 7) is 3.73. The van der Waals surface area contributed by atoms with Crippen LogP contribution in [0.1, 0.15) is 12.0 Å². The maximum atomic E-state index is 5.48. The van der Waals surface area contributed by atoms with Crippen molar-refractivity contribution in [1.82, 2.24) is 9.78 Å². The topological polar surface area (TPSA) is 43.8 Å². The zero-order valence-electron chi connectivity index (χ0n) is 8.40. The Morgan fingerprint density at radius 1 is 1.43 bits per heavy atom. The summed E-state index contributed by atoms with van der Waals surface area (Å²) in [5.41, 5.74) is 7.96. The zero-order chi connectivity index (χ0) is 9.97. The molecule has 2 N–H and O–H groups in total. The van der Waals surface area contributed by atoms with Crippen molar-refractivity contribution >= 4 is 10.9 Å². The highest BCUT2D eigenvalue weighted by molar-refractivity contribution is 5.81. The van der Waals surface area contributed by atoms with Crippen LogP contribution in [0, 0.1) is 6.92 Å². The van der Waals surface area contributed by atoms with Crippen molar-refractivity contribution < 1.29 is 0 Å². The van der Waals surface area contributed by atoms with Gasteiger partial charge in [-0.1, -0.05) is 12.1 Å². The van der Waals surface area contributed by atoms with Crippen molar-refractivity contribution in [3.05, 3.63) is 30.0 Å². The van der Waals surface area contributed by atoms with Crippen LogP contribution in [0.3, 0.4) is 0 Å². The maximum absolute atomic E-state index is 5.48. The minimum Gasteiger partial charge on any atom is -0.330 e. The van der Waals surface area contributed by atoms with Crippen LogP contribution in [-0.2, 0) is 6.54 Å². The summed E-state index contributed by atoms with van der Waals surface area (Å²) in [5, 5.41) is 5.60. The number of fused-ring (bicyclic) bond motifs is 1. The molecular formula is C11H15N3. The standard InChI is InChI=1S/C11H15N3/c1-9-4-2-5-11-10(9)8-13-14(11)7-3-6-12/h2,4-5,8H,3,6-7,12H2,1H3. The summed E-state index contributed by atoms with van der Waals surface area (Å²) < 4.78 is 2.02. The molecule has 3 heteroatoms. The molecule has 14 heavy (non-hydrogen) atoms. The van der Waals surface area contributed by atoms with Crippen LogP contribution in [0.25, 0.3) is 10.9 Å². The molecule has 0 aliphatic carbocycles. The van der Waals surface area contributed by atoms with Crippen LogP contribution in [-0.4, -0.2) is 16.3 Å². The lowest BCUT2D eigenvalue weighted by Gasteiger charge is -2.02. The molecule has 2 aromatic rings. The molecule has 3 nitrogen and oxygen atoms in total. The van der Waals surface area contributed by atoms with Crippen molar-refractivity contribution in [3.8, 4) is 0 Å². The summed E-state index contributed by atoms with van der Waals surface area (Å²) in [6.07, 6.45) is 2.91. The lowest BCUT2D eigenvalue weighted by molar-refractivity contribution is 0.602. The highest BCUT2D eigenvalue weighted by Gasteiger charge is 2.02. The third kappa shape index (κ3) is 1.51. The Labute approximate surface area is 83.5 Å². The van der Waals surface area contributed by atoms with E-state index in [1.807, 2.05) is 10.9 Å². The largest absolute Gasteiger partial charge is 0.330 e. The Morgan fingerprint density at radius 2 is 2.29 bits per heavy atom. The van der Waals surface area contributed by atoms with E-state index < -0.39 is 0 Å². The summed E-state index contributed by atoms with van der Waals surface area (Å²) in [5.74, 6) is 0. The molecule has 0 unspecified atom stereocenters. The van der Waals surface area contributed by atoms with Crippen molar-refractivity contribution in [3.63, 3.8) is 0 Å². The van der Waals surface area contributed by atoms with E-state index in [0.29, 0.717) is 6.54 Å². The molecule has 0 radical (unpaired) electrons. The van der Waals surface area contributed by atoms with Crippen LogP contribution in [0.15, 0.2) is 24.4 Å². The van der Waals surface area contributed by atoms with Gasteiger partial charge in [0.1, 0.15) is 0 Å². The molecule has 1 aromatic carbocycles. The summed E-state index contributed by atoms with van der Waals surface area (Å²) >= 11 is 0. The number of hydrogen-bond donors (Lipinski definition) is 1. The number of benzene rings is 1. The Balaban J connectivity index is 2.42. The average molecular weight is 189 g/mol. The number of aromatic nitrogens is 2. The van der Waals surface area contributed by atoms with E-state index in [0.717, 1.165) is 13.0 Å². The van der Waals surface area contributed by atoms with Gasteiger partial charge in [0.05, 0.1) is 11.7 Å². The first-order chi connectivity index (χ1) is 6.83. The third-order valence-corrected chi connectivity index (χ3v) is 2.48. The molecule has 0 atom stereocenters. The number of hydrogen-bond acceptors (Lipinski definition) is 2. The van der Waals surface area contributed by atoms with Crippen LogP contribution >= 0.6 is 0 Å². The molecule has 0 aliphatic rings. The van der Waals surface area contributed by atoms with E-state index >= 15 is 0 Å². The second-order valence-electron chi connectivity index (χ2n) is 3.52. The molecule has 2 rings (SSSR count). The van der Waals surface area contributed by atoms with Gasteiger partial charge in [0.15, 0.2) is 0 Å². The minimum atomic E-state index is 0.715. The molecule has 74 valence electrons. The fourth-order valence-electron chi connectivity index (χ4n) is 1.67. The average Bonchev–Trinajstić information content (AvgIpc) is 2.60. The number of nitrogens with zero attached hydrogens (tertiary/aromatic N) is 2. The molecule has 1 aromatic heterocycles. The number of aryl methyl sites for hydroxylation is 2. The van der Waals surface area contributed by atoms with Crippen molar-refractivity contribution in [2.24, 2.45) is 5.73 Å². The maximum Gasteiger partial charge on any atom is 0.0685 e. The SMILES string of the molecule is Cc1cccc2c1cnn2CCCN. The molecule has 1 heterocycles. The van der Waals surface area contributed by atoms with Gasteiger partial charge in [-0.25, -0.2) is 0 Å². The van der Waals surface area contributed by atoms with Gasteiger partial charge < -0.3 is 5.73 Å². The second kappa shape index (κ2) is 3.80. The first kappa shape index (κ1) is 9.21. The predicted octanol–water partition coefficient (Wildman–Crippen LogP) is 1.69. The fraction of sp³-hybridized carbons (Fsp3) is 0.364. The monoisotopic (exact) mass is 189 g/mol. The normalized spacial score (nSPS) is 11.0. The number of nitrogens with two attached hydrogens (primary N) is 1. The molecule has 0 bridgehead atoms. The Hall–Kier alpha value is -1.35. The minimum absolute atomic E-state index is 0.715. The molecule has 0 aliphatic heterocycles. The van der Waals surface area contributed by atoms with Gasteiger partial charge in [-0.05, 0) is 31.5 Å². The predicted molar refractivity (Wildman–Crippen MR) is 58.1 cm³/mol. The highest BCUT2D eigenvalue weighted by atomic mass is 15.3. The lowest BCUT2D eigenvalue weighted by atomic mass is 10.1. The van der Waals surface area contributed by atoms with E-state index in [1.165, 1.54) is 16.5 Å². The molecular weight excluding hydrogens is 174 g/mol. The van der Waals surface area contributed by atoms with E-state index in [2.05, 4.69) is 30.2 Å². The van der Waals surface area contributed by atoms with Crippen LogP contribution in [0.2, 0.25) is 0 Å². The molecule has 0 spiro atoms. The smallest absolute Gasteiger partial charge is 0.0685 e. The van der Waals surface area contributed by atoms with Gasteiger partial charge in [0.25, 0.3) is 0 Å². The first-order valence-electron chi connectivity index (χ1n) is 4.94. The Bertz CT molecular complexity index is 431. The van der Waals surface area contributed by atoms with Gasteiger partial charge in [-0.15, -0.1) is 0 Å². The quantitative estimate of drug-likeness (QED) is 0.798. The third-order valence-electron chi connectivity index (χ3n) is 2.48. The zero-order valence-corrected chi connectivity index (χ0v) is 8.40. The van der Waals surface area contributed by atoms with E-state index in [1.54, 1.807) is 0 Å². The summed E-state index contributed by atoms with van der Waals surface area (Å²) in [7, 11) is 0. The fourth-order valence-corrected chi connectivity index (χ4v) is 1.67. The molecule has 0 fully saturated rings. The van der Waals surface area contributed by atoms with E-state index in [-0.39, 0.29) is 0 Å². The van der Waals surface area contributed by atoms with Gasteiger partial charge in [0, 0.05) is 11.9 Å². The van der Waals surface area contributed by atoms with Crippen LogP contribution < -0.4 is 5.73 Å². The van der Waals surface area contributed by atoms with Crippen LogP contribution in [0.5, 0.6) is 0 Å². The van der Waals surface area contributed by atoms with Gasteiger partial charge >= 0.3 is 0 Å². The van der Waals surface area contributed by atoms with E-state index in [4.69, 9.17) is 5.73 Å². The Kier molecular flexibility index (Phi) is 2.50. The second-order valence-corrected chi connectivity index (χ2v) is 3.52.